The van der Waals surface area contributed by atoms with Crippen molar-refractivity contribution in [3.05, 3.63) is 21.5 Å². The molecule has 0 saturated carbocycles. The minimum Gasteiger partial charge on any atom is 0.222 e. The van der Waals surface area contributed by atoms with Gasteiger partial charge in [0.25, 0.3) is 21.5 Å². The van der Waals surface area contributed by atoms with E-state index in [9.17, 15) is 0 Å². The average molecular weight is 116 g/mol. The Morgan fingerprint density at radius 1 is 0.667 bits per heavy atom. The van der Waals surface area contributed by atoms with E-state index >= 15 is 0 Å². The second-order valence-corrected chi connectivity index (χ2v) is 2.45. The van der Waals surface area contributed by atoms with Gasteiger partial charge in [-0.2, -0.15) is 0 Å². The third-order valence-corrected chi connectivity index (χ3v) is 1.94. The van der Waals surface area contributed by atoms with E-state index in [1.807, 2.05) is 0 Å². The zero-order valence-corrected chi connectivity index (χ0v) is 4.76. The summed E-state index contributed by atoms with van der Waals surface area (Å²) in [6, 6.07) is 0. The molecule has 30 valence electrons. The van der Waals surface area contributed by atoms with E-state index in [0.717, 1.165) is 0 Å². The largest absolute Gasteiger partial charge is 0.252 e. The van der Waals surface area contributed by atoms with Gasteiger partial charge in [-0.15, -0.1) is 0 Å². The van der Waals surface area contributed by atoms with Gasteiger partial charge in [0.05, 0.1) is 0 Å². The molecule has 0 spiro atoms. The maximum atomic E-state index is 2.06. The van der Waals surface area contributed by atoms with Gasteiger partial charge in [0.2, 0.25) is 22.7 Å². The van der Waals surface area contributed by atoms with Crippen LogP contribution in [0.3, 0.4) is 0 Å². The first-order valence-electron chi connectivity index (χ1n) is 1.61. The summed E-state index contributed by atoms with van der Waals surface area (Å²) in [6.07, 6.45) is 0. The Kier molecular flexibility index (Phi) is 1.47. The molecule has 0 aliphatic heterocycles. The van der Waals surface area contributed by atoms with Crippen molar-refractivity contribution in [1.29, 1.82) is 0 Å². The third-order valence-electron chi connectivity index (χ3n) is 0.425. The van der Waals surface area contributed by atoms with E-state index in [2.05, 4.69) is 21.5 Å². The van der Waals surface area contributed by atoms with Crippen molar-refractivity contribution in [2.24, 2.45) is 0 Å². The van der Waals surface area contributed by atoms with Crippen LogP contribution in [0.5, 0.6) is 0 Å². The molecular weight excluding hydrogens is 112 g/mol. The lowest BCUT2D eigenvalue weighted by Gasteiger charge is -1.39. The lowest BCUT2D eigenvalue weighted by Crippen LogP contribution is -1.34. The zero-order chi connectivity index (χ0) is 4.24. The Hall–Kier alpha value is -0.0800. The van der Waals surface area contributed by atoms with Crippen molar-refractivity contribution in [1.82, 2.24) is 0 Å². The third kappa shape index (κ3) is 0.954. The molecule has 0 N–H and O–H groups in total. The van der Waals surface area contributed by atoms with E-state index in [4.69, 9.17) is 0 Å². The van der Waals surface area contributed by atoms with Crippen molar-refractivity contribution < 1.29 is 0 Å². The molecule has 1 aromatic heterocycles. The molecule has 0 aliphatic carbocycles. The fraction of sp³-hybridized carbons (Fsp3) is 0. The van der Waals surface area contributed by atoms with Gasteiger partial charge in [0.15, 0.2) is 0 Å². The van der Waals surface area contributed by atoms with Gasteiger partial charge >= 0.3 is 0 Å². The van der Waals surface area contributed by atoms with E-state index in [0.29, 0.717) is 0 Å². The van der Waals surface area contributed by atoms with Crippen LogP contribution in [-0.2, 0) is 0 Å². The van der Waals surface area contributed by atoms with Crippen molar-refractivity contribution in [2.45, 2.75) is 0 Å². The molecule has 2 heteroatoms. The molecule has 0 bridgehead atoms. The van der Waals surface area contributed by atoms with Gasteiger partial charge in [0.1, 0.15) is 0 Å². The van der Waals surface area contributed by atoms with Gasteiger partial charge < -0.3 is 0 Å². The van der Waals surface area contributed by atoms with Crippen molar-refractivity contribution in [3.8, 4) is 0 Å². The lowest BCUT2D eigenvalue weighted by molar-refractivity contribution is 2.23. The van der Waals surface area contributed by atoms with Crippen molar-refractivity contribution >= 4 is 22.7 Å². The molecule has 0 aromatic carbocycles. The molecule has 0 nitrogen and oxygen atoms in total. The summed E-state index contributed by atoms with van der Waals surface area (Å²) in [5, 5.41) is 8.24. The summed E-state index contributed by atoms with van der Waals surface area (Å²) in [4.78, 5) is 0. The highest BCUT2D eigenvalue weighted by molar-refractivity contribution is 7.14. The van der Waals surface area contributed by atoms with E-state index < -0.39 is 0 Å². The molecule has 1 rings (SSSR count). The standard InChI is InChI=1S/C4H4S2/c1-2-6-4-3-5-1/h1-4H/q+2. The monoisotopic (exact) mass is 116 g/mol. The lowest BCUT2D eigenvalue weighted by atomic mass is 11.1. The molecule has 0 saturated heterocycles. The number of hydrogen-bond donors (Lipinski definition) is 0. The van der Waals surface area contributed by atoms with Crippen LogP contribution in [0.1, 0.15) is 0 Å². The summed E-state index contributed by atoms with van der Waals surface area (Å²) < 4.78 is 0. The summed E-state index contributed by atoms with van der Waals surface area (Å²) in [7, 11) is 0. The zero-order valence-electron chi connectivity index (χ0n) is 3.13. The second-order valence-electron chi connectivity index (χ2n) is 0.816. The first-order valence-corrected chi connectivity index (χ1v) is 3.50. The van der Waals surface area contributed by atoms with Crippen molar-refractivity contribution in [2.75, 3.05) is 0 Å². The highest BCUT2D eigenvalue weighted by atomic mass is 32.1. The van der Waals surface area contributed by atoms with Crippen LogP contribution < -0.4 is 0 Å². The number of hydrogen-bond acceptors (Lipinski definition) is 0. The summed E-state index contributed by atoms with van der Waals surface area (Å²) in [5.41, 5.74) is 0. The van der Waals surface area contributed by atoms with Crippen LogP contribution in [0.25, 0.3) is 0 Å². The molecule has 0 aliphatic rings. The molecule has 1 aromatic rings. The predicted molar refractivity (Wildman–Crippen MR) is 31.0 cm³/mol. The Bertz CT molecular complexity index is 77.5. The summed E-state index contributed by atoms with van der Waals surface area (Å²) in [6.45, 7) is 0. The van der Waals surface area contributed by atoms with Gasteiger partial charge in [-0.25, -0.2) is 0 Å². The van der Waals surface area contributed by atoms with Crippen LogP contribution >= 0.6 is 22.7 Å². The first kappa shape index (κ1) is 4.09. The highest BCUT2D eigenvalue weighted by Crippen LogP contribution is 1.97. The molecule has 0 atom stereocenters. The minimum atomic E-state index is 1.71. The normalized spacial score (nSPS) is 8.00. The smallest absolute Gasteiger partial charge is 0.222 e. The van der Waals surface area contributed by atoms with E-state index in [1.165, 1.54) is 0 Å². The van der Waals surface area contributed by atoms with Gasteiger partial charge in [-0.05, 0) is 0 Å². The van der Waals surface area contributed by atoms with Gasteiger partial charge in [-0.3, -0.25) is 0 Å². The van der Waals surface area contributed by atoms with Crippen LogP contribution in [0.2, 0.25) is 0 Å². The molecule has 0 amide bonds. The topological polar surface area (TPSA) is 0 Å². The number of rotatable bonds is 0. The Morgan fingerprint density at radius 3 is 1.17 bits per heavy atom. The molecule has 0 unspecified atom stereocenters. The molecule has 0 radical (unpaired) electrons. The molecule has 6 heavy (non-hydrogen) atoms. The SMILES string of the molecule is c1c[s+]cc[s+]1. The Morgan fingerprint density at radius 2 is 1.00 bits per heavy atom. The Balaban J connectivity index is 3.00. The van der Waals surface area contributed by atoms with Crippen LogP contribution in [0, 0.1) is 0 Å². The van der Waals surface area contributed by atoms with E-state index in [1.54, 1.807) is 22.7 Å². The van der Waals surface area contributed by atoms with Crippen LogP contribution in [0.15, 0.2) is 21.5 Å². The van der Waals surface area contributed by atoms with Crippen LogP contribution in [-0.4, -0.2) is 0 Å². The summed E-state index contributed by atoms with van der Waals surface area (Å²) >= 11 is 3.43. The highest BCUT2D eigenvalue weighted by Gasteiger charge is 1.88. The molecular formula is C4H4S2+2. The summed E-state index contributed by atoms with van der Waals surface area (Å²) in [5.74, 6) is 0. The maximum absolute atomic E-state index is 2.06. The predicted octanol–water partition coefficient (Wildman–Crippen LogP) is 2.37. The molecule has 0 fully saturated rings. The second kappa shape index (κ2) is 2.16. The fourth-order valence-corrected chi connectivity index (χ4v) is 1.43. The van der Waals surface area contributed by atoms with Crippen molar-refractivity contribution in [3.63, 3.8) is 0 Å². The fourth-order valence-electron chi connectivity index (χ4n) is 0.219. The van der Waals surface area contributed by atoms with Crippen LogP contribution in [0.4, 0.5) is 0 Å². The van der Waals surface area contributed by atoms with Gasteiger partial charge in [0, 0.05) is 0 Å². The quantitative estimate of drug-likeness (QED) is 0.456. The molecule has 1 heterocycles. The van der Waals surface area contributed by atoms with Gasteiger partial charge in [-0.1, -0.05) is 0 Å². The van der Waals surface area contributed by atoms with E-state index in [-0.39, 0.29) is 0 Å². The average Bonchev–Trinajstić information content (AvgIpc) is 1.72. The Labute approximate surface area is 44.7 Å². The maximum Gasteiger partial charge on any atom is 0.252 e. The first-order chi connectivity index (χ1) is 3.00. The minimum absolute atomic E-state index is 1.71.